The predicted octanol–water partition coefficient (Wildman–Crippen LogP) is 4.14. The Balaban J connectivity index is 0.00000225. The SMILES string of the molecule is CN=C(NCCc1nc2ccccc2[nH]1)NCc1oc2ccccc2c1C.I. The summed E-state index contributed by atoms with van der Waals surface area (Å²) in [5, 5.41) is 7.79. The number of nitrogens with one attached hydrogen (secondary N) is 3. The van der Waals surface area contributed by atoms with Crippen LogP contribution in [-0.4, -0.2) is 29.5 Å². The van der Waals surface area contributed by atoms with E-state index in [2.05, 4.69) is 38.6 Å². The first-order chi connectivity index (χ1) is 13.2. The summed E-state index contributed by atoms with van der Waals surface area (Å²) in [4.78, 5) is 12.2. The van der Waals surface area contributed by atoms with Gasteiger partial charge in [0.15, 0.2) is 5.96 Å². The Morgan fingerprint density at radius 3 is 2.68 bits per heavy atom. The van der Waals surface area contributed by atoms with Crippen molar-refractivity contribution in [3.8, 4) is 0 Å². The summed E-state index contributed by atoms with van der Waals surface area (Å²) in [6, 6.07) is 16.1. The maximum absolute atomic E-state index is 5.94. The van der Waals surface area contributed by atoms with Gasteiger partial charge in [-0.05, 0) is 25.1 Å². The van der Waals surface area contributed by atoms with Crippen molar-refractivity contribution in [1.29, 1.82) is 0 Å². The number of hydrogen-bond donors (Lipinski definition) is 3. The summed E-state index contributed by atoms with van der Waals surface area (Å²) in [5.41, 5.74) is 4.14. The molecular formula is C21H24IN5O. The zero-order chi connectivity index (χ0) is 18.6. The lowest BCUT2D eigenvalue weighted by molar-refractivity contribution is 0.534. The van der Waals surface area contributed by atoms with E-state index in [0.717, 1.165) is 58.1 Å². The molecule has 0 aliphatic heterocycles. The Bertz CT molecular complexity index is 1070. The van der Waals surface area contributed by atoms with Gasteiger partial charge in [0.1, 0.15) is 17.2 Å². The minimum atomic E-state index is 0. The molecular weight excluding hydrogens is 465 g/mol. The number of furan rings is 1. The molecule has 0 aliphatic rings. The summed E-state index contributed by atoms with van der Waals surface area (Å²) in [7, 11) is 1.77. The van der Waals surface area contributed by atoms with Crippen LogP contribution in [0.25, 0.3) is 22.0 Å². The molecule has 4 rings (SSSR count). The number of H-pyrrole nitrogens is 1. The molecule has 7 heteroatoms. The van der Waals surface area contributed by atoms with Gasteiger partial charge in [-0.25, -0.2) is 4.98 Å². The third kappa shape index (κ3) is 4.30. The van der Waals surface area contributed by atoms with Crippen molar-refractivity contribution in [1.82, 2.24) is 20.6 Å². The highest BCUT2D eigenvalue weighted by molar-refractivity contribution is 14.0. The quantitative estimate of drug-likeness (QED) is 0.224. The summed E-state index contributed by atoms with van der Waals surface area (Å²) >= 11 is 0. The van der Waals surface area contributed by atoms with Crippen LogP contribution in [0.2, 0.25) is 0 Å². The van der Waals surface area contributed by atoms with E-state index in [1.54, 1.807) is 7.05 Å². The molecule has 3 N–H and O–H groups in total. The maximum Gasteiger partial charge on any atom is 0.191 e. The van der Waals surface area contributed by atoms with Crippen LogP contribution in [0.5, 0.6) is 0 Å². The fourth-order valence-corrected chi connectivity index (χ4v) is 3.20. The van der Waals surface area contributed by atoms with Gasteiger partial charge < -0.3 is 20.0 Å². The number of aromatic amines is 1. The number of rotatable bonds is 5. The molecule has 4 aromatic rings. The van der Waals surface area contributed by atoms with Crippen LogP contribution < -0.4 is 10.6 Å². The van der Waals surface area contributed by atoms with Crippen LogP contribution in [0.3, 0.4) is 0 Å². The van der Waals surface area contributed by atoms with Crippen LogP contribution in [0.15, 0.2) is 57.9 Å². The van der Waals surface area contributed by atoms with Crippen LogP contribution >= 0.6 is 24.0 Å². The highest BCUT2D eigenvalue weighted by Crippen LogP contribution is 2.24. The van der Waals surface area contributed by atoms with Crippen molar-refractivity contribution >= 4 is 51.9 Å². The monoisotopic (exact) mass is 489 g/mol. The number of hydrogen-bond acceptors (Lipinski definition) is 3. The lowest BCUT2D eigenvalue weighted by Crippen LogP contribution is -2.38. The van der Waals surface area contributed by atoms with E-state index >= 15 is 0 Å². The Morgan fingerprint density at radius 1 is 1.11 bits per heavy atom. The van der Waals surface area contributed by atoms with Crippen molar-refractivity contribution in [3.63, 3.8) is 0 Å². The zero-order valence-electron chi connectivity index (χ0n) is 16.0. The van der Waals surface area contributed by atoms with Crippen LogP contribution in [-0.2, 0) is 13.0 Å². The highest BCUT2D eigenvalue weighted by atomic mass is 127. The second-order valence-corrected chi connectivity index (χ2v) is 6.45. The lowest BCUT2D eigenvalue weighted by atomic mass is 10.1. The van der Waals surface area contributed by atoms with Crippen molar-refractivity contribution in [2.24, 2.45) is 4.99 Å². The van der Waals surface area contributed by atoms with E-state index in [0.29, 0.717) is 6.54 Å². The van der Waals surface area contributed by atoms with Gasteiger partial charge in [0, 0.05) is 31.0 Å². The van der Waals surface area contributed by atoms with Gasteiger partial charge in [0.2, 0.25) is 0 Å². The molecule has 0 spiro atoms. The Morgan fingerprint density at radius 2 is 1.89 bits per heavy atom. The van der Waals surface area contributed by atoms with Gasteiger partial charge in [-0.3, -0.25) is 4.99 Å². The summed E-state index contributed by atoms with van der Waals surface area (Å²) < 4.78 is 5.94. The first-order valence-corrected chi connectivity index (χ1v) is 9.10. The van der Waals surface area contributed by atoms with Gasteiger partial charge in [-0.1, -0.05) is 30.3 Å². The summed E-state index contributed by atoms with van der Waals surface area (Å²) in [6.07, 6.45) is 0.791. The van der Waals surface area contributed by atoms with Gasteiger partial charge in [-0.2, -0.15) is 0 Å². The smallest absolute Gasteiger partial charge is 0.191 e. The molecule has 0 atom stereocenters. The Kier molecular flexibility index (Phi) is 6.56. The first-order valence-electron chi connectivity index (χ1n) is 9.10. The molecule has 2 heterocycles. The molecule has 0 aliphatic carbocycles. The number of fused-ring (bicyclic) bond motifs is 2. The molecule has 0 saturated carbocycles. The van der Waals surface area contributed by atoms with Crippen LogP contribution in [0.4, 0.5) is 0 Å². The number of benzene rings is 2. The molecule has 2 aromatic carbocycles. The van der Waals surface area contributed by atoms with Crippen LogP contribution in [0.1, 0.15) is 17.1 Å². The number of aromatic nitrogens is 2. The fourth-order valence-electron chi connectivity index (χ4n) is 3.20. The normalized spacial score (nSPS) is 11.6. The minimum absolute atomic E-state index is 0. The van der Waals surface area contributed by atoms with Gasteiger partial charge >= 0.3 is 0 Å². The highest BCUT2D eigenvalue weighted by Gasteiger charge is 2.10. The number of imidazole rings is 1. The second kappa shape index (κ2) is 9.09. The number of nitrogens with zero attached hydrogens (tertiary/aromatic N) is 2. The van der Waals surface area contributed by atoms with E-state index < -0.39 is 0 Å². The molecule has 28 heavy (non-hydrogen) atoms. The molecule has 6 nitrogen and oxygen atoms in total. The van der Waals surface area contributed by atoms with Crippen molar-refractivity contribution in [2.45, 2.75) is 19.9 Å². The van der Waals surface area contributed by atoms with Crippen molar-refractivity contribution in [2.75, 3.05) is 13.6 Å². The molecule has 0 amide bonds. The van der Waals surface area contributed by atoms with Gasteiger partial charge in [0.25, 0.3) is 0 Å². The topological polar surface area (TPSA) is 78.2 Å². The van der Waals surface area contributed by atoms with E-state index in [-0.39, 0.29) is 24.0 Å². The summed E-state index contributed by atoms with van der Waals surface area (Å²) in [5.74, 6) is 2.63. The molecule has 0 fully saturated rings. The second-order valence-electron chi connectivity index (χ2n) is 6.45. The molecule has 0 saturated heterocycles. The minimum Gasteiger partial charge on any atom is -0.459 e. The van der Waals surface area contributed by atoms with E-state index in [4.69, 9.17) is 4.42 Å². The van der Waals surface area contributed by atoms with E-state index in [1.165, 1.54) is 0 Å². The van der Waals surface area contributed by atoms with E-state index in [1.807, 2.05) is 42.5 Å². The molecule has 0 radical (unpaired) electrons. The van der Waals surface area contributed by atoms with Gasteiger partial charge in [0.05, 0.1) is 17.6 Å². The standard InChI is InChI=1S/C21H23N5O.HI/c1-14-15-7-3-6-10-18(15)27-19(14)13-24-21(22-2)23-12-11-20-25-16-8-4-5-9-17(16)26-20;/h3-10H,11-13H2,1-2H3,(H,25,26)(H2,22,23,24);1H. The third-order valence-corrected chi connectivity index (χ3v) is 4.68. The third-order valence-electron chi connectivity index (χ3n) is 4.68. The Hall–Kier alpha value is -2.55. The number of guanidine groups is 1. The van der Waals surface area contributed by atoms with Crippen molar-refractivity contribution < 1.29 is 4.42 Å². The molecule has 0 unspecified atom stereocenters. The molecule has 0 bridgehead atoms. The average molecular weight is 489 g/mol. The van der Waals surface area contributed by atoms with Crippen molar-refractivity contribution in [3.05, 3.63) is 65.7 Å². The summed E-state index contributed by atoms with van der Waals surface area (Å²) in [6.45, 7) is 3.41. The predicted molar refractivity (Wildman–Crippen MR) is 124 cm³/mol. The lowest BCUT2D eigenvalue weighted by Gasteiger charge is -2.10. The first kappa shape index (κ1) is 20.2. The Labute approximate surface area is 180 Å². The number of halogens is 1. The zero-order valence-corrected chi connectivity index (χ0v) is 18.3. The maximum atomic E-state index is 5.94. The largest absolute Gasteiger partial charge is 0.459 e. The number of aryl methyl sites for hydroxylation is 1. The molecule has 2 aromatic heterocycles. The van der Waals surface area contributed by atoms with Gasteiger partial charge in [-0.15, -0.1) is 24.0 Å². The molecule has 146 valence electrons. The van der Waals surface area contributed by atoms with Crippen LogP contribution in [0, 0.1) is 6.92 Å². The number of para-hydroxylation sites is 3. The average Bonchev–Trinajstić information content (AvgIpc) is 3.25. The van der Waals surface area contributed by atoms with E-state index in [9.17, 15) is 0 Å². The fraction of sp³-hybridized carbons (Fsp3) is 0.238. The number of aliphatic imine (C=N–C) groups is 1.